The fraction of sp³-hybridized carbons (Fsp3) is 0.217. The van der Waals surface area contributed by atoms with E-state index >= 15 is 0 Å². The lowest BCUT2D eigenvalue weighted by Gasteiger charge is -2.32. The third-order valence-corrected chi connectivity index (χ3v) is 5.76. The van der Waals surface area contributed by atoms with E-state index in [1.165, 1.54) is 13.2 Å². The lowest BCUT2D eigenvalue weighted by atomic mass is 10.1. The molecular formula is C23H21F3N2O5S. The molecule has 2 aromatic rings. The van der Waals surface area contributed by atoms with Crippen LogP contribution >= 0.6 is 11.8 Å². The van der Waals surface area contributed by atoms with E-state index < -0.39 is 29.5 Å². The van der Waals surface area contributed by atoms with Gasteiger partial charge in [0, 0.05) is 5.69 Å². The fourth-order valence-corrected chi connectivity index (χ4v) is 4.24. The van der Waals surface area contributed by atoms with Crippen LogP contribution in [-0.4, -0.2) is 37.2 Å². The van der Waals surface area contributed by atoms with Crippen LogP contribution < -0.4 is 15.4 Å². The fourth-order valence-electron chi connectivity index (χ4n) is 3.07. The molecule has 0 aromatic heterocycles. The van der Waals surface area contributed by atoms with E-state index in [1.54, 1.807) is 30.3 Å². The molecule has 2 amide bonds. The summed E-state index contributed by atoms with van der Waals surface area (Å²) < 4.78 is 55.1. The highest BCUT2D eigenvalue weighted by Gasteiger charge is 2.49. The number of benzene rings is 2. The predicted molar refractivity (Wildman–Crippen MR) is 121 cm³/mol. The molecule has 0 fully saturated rings. The lowest BCUT2D eigenvalue weighted by Crippen LogP contribution is -2.55. The molecule has 2 N–H and O–H groups in total. The molecule has 1 aliphatic heterocycles. The number of thioether (sulfide) groups is 1. The Balaban J connectivity index is 1.94. The second-order valence-electron chi connectivity index (χ2n) is 6.93. The van der Waals surface area contributed by atoms with Gasteiger partial charge in [0.15, 0.2) is 5.76 Å². The van der Waals surface area contributed by atoms with Crippen molar-refractivity contribution in [1.29, 1.82) is 0 Å². The van der Waals surface area contributed by atoms with Crippen LogP contribution in [0.25, 0.3) is 0 Å². The molecule has 3 rings (SSSR count). The topological polar surface area (TPSA) is 85.9 Å². The lowest BCUT2D eigenvalue weighted by molar-refractivity contribution is -0.137. The van der Waals surface area contributed by atoms with Crippen molar-refractivity contribution in [3.05, 3.63) is 83.5 Å². The van der Waals surface area contributed by atoms with Crippen LogP contribution in [0.1, 0.15) is 5.56 Å². The number of para-hydroxylation sites is 1. The third kappa shape index (κ3) is 5.84. The zero-order chi connectivity index (χ0) is 24.8. The Morgan fingerprint density at radius 2 is 1.82 bits per heavy atom. The van der Waals surface area contributed by atoms with Gasteiger partial charge in [-0.05, 0) is 36.4 Å². The second-order valence-corrected chi connectivity index (χ2v) is 7.92. The molecule has 1 atom stereocenters. The van der Waals surface area contributed by atoms with Gasteiger partial charge in [-0.1, -0.05) is 30.9 Å². The number of carbonyl (C=O) groups is 2. The number of halogens is 3. The average Bonchev–Trinajstić information content (AvgIpc) is 3.15. The zero-order valence-corrected chi connectivity index (χ0v) is 18.8. The number of hydrogen-bond donors (Lipinski definition) is 2. The van der Waals surface area contributed by atoms with E-state index in [2.05, 4.69) is 17.2 Å². The largest absolute Gasteiger partial charge is 0.493 e. The first-order chi connectivity index (χ1) is 16.2. The zero-order valence-electron chi connectivity index (χ0n) is 18.0. The van der Waals surface area contributed by atoms with Crippen molar-refractivity contribution in [2.45, 2.75) is 11.9 Å². The van der Waals surface area contributed by atoms with Crippen molar-refractivity contribution in [2.75, 3.05) is 24.8 Å². The highest BCUT2D eigenvalue weighted by atomic mass is 32.2. The highest BCUT2D eigenvalue weighted by Crippen LogP contribution is 2.42. The Kier molecular flexibility index (Phi) is 7.77. The minimum absolute atomic E-state index is 0.0110. The number of rotatable bonds is 8. The molecule has 180 valence electrons. The molecule has 7 nitrogen and oxygen atoms in total. The van der Waals surface area contributed by atoms with E-state index in [1.807, 2.05) is 0 Å². The van der Waals surface area contributed by atoms with Gasteiger partial charge in [-0.25, -0.2) is 4.79 Å². The summed E-state index contributed by atoms with van der Waals surface area (Å²) in [5, 5.41) is 5.26. The van der Waals surface area contributed by atoms with Crippen molar-refractivity contribution in [1.82, 2.24) is 5.32 Å². The molecule has 11 heteroatoms. The number of alkyl carbamates (subject to hydrolysis) is 1. The van der Waals surface area contributed by atoms with Crippen molar-refractivity contribution in [3.8, 4) is 5.75 Å². The van der Waals surface area contributed by atoms with Crippen LogP contribution in [0.4, 0.5) is 23.7 Å². The van der Waals surface area contributed by atoms with E-state index in [0.29, 0.717) is 5.69 Å². The van der Waals surface area contributed by atoms with Gasteiger partial charge in [-0.3, -0.25) is 10.1 Å². The summed E-state index contributed by atoms with van der Waals surface area (Å²) in [6.07, 6.45) is -4.06. The summed E-state index contributed by atoms with van der Waals surface area (Å²) in [6, 6.07) is 12.6. The van der Waals surface area contributed by atoms with Crippen LogP contribution in [0.5, 0.6) is 5.75 Å². The quantitative estimate of drug-likeness (QED) is 0.400. The second kappa shape index (κ2) is 10.6. The Hall–Kier alpha value is -3.60. The minimum atomic E-state index is -4.52. The number of hydrogen-bond acceptors (Lipinski definition) is 6. The number of carbonyl (C=O) groups excluding carboxylic acids is 2. The standard InChI is InChI=1S/C23H21F3N2O5S/c1-3-13-32-21(30)28-22(33-17-11-9-15(10-12-17)23(24,25)26)14-34-18(19(22)31-2)20(29)27-16-7-5-4-6-8-16/h3-12H,1,13-14H2,2H3,(H,27,29)(H,28,30). The first-order valence-electron chi connectivity index (χ1n) is 9.88. The first kappa shape index (κ1) is 25.0. The maximum absolute atomic E-state index is 12.9. The number of ether oxygens (including phenoxy) is 3. The molecule has 0 saturated carbocycles. The maximum Gasteiger partial charge on any atom is 0.416 e. The van der Waals surface area contributed by atoms with Gasteiger partial charge in [0.25, 0.3) is 11.6 Å². The number of methoxy groups -OCH3 is 1. The number of alkyl halides is 3. The SMILES string of the molecule is C=CCOC(=O)NC1(Oc2ccc(C(F)(F)F)cc2)CSC(C(=O)Nc2ccccc2)=C1OC. The van der Waals surface area contributed by atoms with Crippen LogP contribution in [0.2, 0.25) is 0 Å². The van der Waals surface area contributed by atoms with Gasteiger partial charge in [-0.15, -0.1) is 11.8 Å². The van der Waals surface area contributed by atoms with Gasteiger partial charge in [-0.2, -0.15) is 13.2 Å². The molecular weight excluding hydrogens is 473 g/mol. The summed E-state index contributed by atoms with van der Waals surface area (Å²) in [5.41, 5.74) is -2.05. The monoisotopic (exact) mass is 494 g/mol. The summed E-state index contributed by atoms with van der Waals surface area (Å²) in [4.78, 5) is 25.4. The Morgan fingerprint density at radius 3 is 2.41 bits per heavy atom. The minimum Gasteiger partial charge on any atom is -0.493 e. The molecule has 0 spiro atoms. The van der Waals surface area contributed by atoms with Crippen molar-refractivity contribution >= 4 is 29.4 Å². The van der Waals surface area contributed by atoms with Gasteiger partial charge >= 0.3 is 12.3 Å². The molecule has 1 aliphatic rings. The van der Waals surface area contributed by atoms with E-state index in [9.17, 15) is 22.8 Å². The smallest absolute Gasteiger partial charge is 0.416 e. The molecule has 0 radical (unpaired) electrons. The Labute approximate surface area is 198 Å². The van der Waals surface area contributed by atoms with E-state index in [0.717, 1.165) is 36.0 Å². The molecule has 1 unspecified atom stereocenters. The first-order valence-corrected chi connectivity index (χ1v) is 10.9. The average molecular weight is 494 g/mol. The maximum atomic E-state index is 12.9. The molecule has 0 bridgehead atoms. The summed E-state index contributed by atoms with van der Waals surface area (Å²) in [6.45, 7) is 3.37. The number of nitrogens with one attached hydrogen (secondary N) is 2. The van der Waals surface area contributed by atoms with Crippen LogP contribution in [-0.2, 0) is 20.4 Å². The summed E-state index contributed by atoms with van der Waals surface area (Å²) in [5.74, 6) is -0.539. The van der Waals surface area contributed by atoms with Gasteiger partial charge < -0.3 is 19.5 Å². The molecule has 0 saturated heterocycles. The Morgan fingerprint density at radius 1 is 1.15 bits per heavy atom. The highest BCUT2D eigenvalue weighted by molar-refractivity contribution is 8.04. The molecule has 34 heavy (non-hydrogen) atoms. The summed E-state index contributed by atoms with van der Waals surface area (Å²) >= 11 is 1.05. The molecule has 1 heterocycles. The molecule has 2 aromatic carbocycles. The van der Waals surface area contributed by atoms with E-state index in [4.69, 9.17) is 14.2 Å². The van der Waals surface area contributed by atoms with Crippen molar-refractivity contribution < 1.29 is 37.0 Å². The van der Waals surface area contributed by atoms with Crippen molar-refractivity contribution in [3.63, 3.8) is 0 Å². The number of amides is 2. The van der Waals surface area contributed by atoms with Crippen LogP contribution in [0.15, 0.2) is 77.9 Å². The summed E-state index contributed by atoms with van der Waals surface area (Å²) in [7, 11) is 1.29. The Bertz CT molecular complexity index is 1070. The third-order valence-electron chi connectivity index (χ3n) is 4.54. The van der Waals surface area contributed by atoms with Gasteiger partial charge in [0.1, 0.15) is 17.3 Å². The van der Waals surface area contributed by atoms with Gasteiger partial charge in [0.05, 0.1) is 18.4 Å². The normalized spacial score (nSPS) is 17.6. The van der Waals surface area contributed by atoms with Crippen LogP contribution in [0, 0.1) is 0 Å². The van der Waals surface area contributed by atoms with E-state index in [-0.39, 0.29) is 28.8 Å². The number of anilines is 1. The molecule has 0 aliphatic carbocycles. The predicted octanol–water partition coefficient (Wildman–Crippen LogP) is 4.94. The van der Waals surface area contributed by atoms with Gasteiger partial charge in [0.2, 0.25) is 0 Å². The van der Waals surface area contributed by atoms with Crippen molar-refractivity contribution in [2.24, 2.45) is 0 Å². The van der Waals surface area contributed by atoms with Crippen LogP contribution in [0.3, 0.4) is 0 Å².